The number of hydrogen-bond acceptors (Lipinski definition) is 4. The first kappa shape index (κ1) is 16.9. The number of aliphatic carboxylic acids is 1. The van der Waals surface area contributed by atoms with Crippen molar-refractivity contribution in [3.8, 4) is 11.5 Å². The molecule has 6 nitrogen and oxygen atoms in total. The third kappa shape index (κ3) is 3.64. The van der Waals surface area contributed by atoms with Gasteiger partial charge in [-0.05, 0) is 36.6 Å². The fourth-order valence-electron chi connectivity index (χ4n) is 2.34. The van der Waals surface area contributed by atoms with Crippen LogP contribution in [0.5, 0.6) is 11.5 Å². The van der Waals surface area contributed by atoms with Gasteiger partial charge in [-0.3, -0.25) is 4.79 Å². The maximum atomic E-state index is 12.3. The zero-order chi connectivity index (χ0) is 17.0. The molecule has 1 aromatic rings. The molecule has 1 heterocycles. The van der Waals surface area contributed by atoms with Crippen molar-refractivity contribution in [1.29, 1.82) is 0 Å². The number of amides is 1. The number of fused-ring (bicyclic) bond motifs is 1. The summed E-state index contributed by atoms with van der Waals surface area (Å²) in [6, 6.07) is 3.45. The summed E-state index contributed by atoms with van der Waals surface area (Å²) in [5.41, 5.74) is 1.22. The topological polar surface area (TPSA) is 76.1 Å². The quantitative estimate of drug-likeness (QED) is 0.816. The van der Waals surface area contributed by atoms with E-state index in [0.717, 1.165) is 12.5 Å². The molecule has 1 amide bonds. The summed E-state index contributed by atoms with van der Waals surface area (Å²) in [4.78, 5) is 24.5. The van der Waals surface area contributed by atoms with Crippen LogP contribution in [0, 0.1) is 0 Å². The molecule has 0 saturated heterocycles. The molecule has 1 unspecified atom stereocenters. The summed E-state index contributed by atoms with van der Waals surface area (Å²) in [6.45, 7) is 4.39. The summed E-state index contributed by atoms with van der Waals surface area (Å²) < 4.78 is 11.5. The molecule has 1 aliphatic rings. The van der Waals surface area contributed by atoms with Crippen LogP contribution in [0.1, 0.15) is 32.3 Å². The number of ether oxygens (including phenoxy) is 2. The van der Waals surface area contributed by atoms with Gasteiger partial charge in [0.1, 0.15) is 0 Å². The Bertz CT molecular complexity index is 638. The number of carbonyl (C=O) groups excluding carboxylic acids is 1. The minimum atomic E-state index is -1.04. The second kappa shape index (κ2) is 7.17. The van der Waals surface area contributed by atoms with E-state index in [4.69, 9.17) is 14.6 Å². The highest BCUT2D eigenvalue weighted by atomic mass is 16.5. The first-order valence-electron chi connectivity index (χ1n) is 7.64. The van der Waals surface area contributed by atoms with Gasteiger partial charge < -0.3 is 19.5 Å². The lowest BCUT2D eigenvalue weighted by Gasteiger charge is -2.32. The Balaban J connectivity index is 2.49. The molecule has 0 aromatic heterocycles. The number of carbonyl (C=O) groups is 2. The van der Waals surface area contributed by atoms with Gasteiger partial charge in [-0.1, -0.05) is 13.8 Å². The Labute approximate surface area is 135 Å². The summed E-state index contributed by atoms with van der Waals surface area (Å²) in [5.74, 6) is -0.113. The summed E-state index contributed by atoms with van der Waals surface area (Å²) in [5, 5.41) is 8.78. The molecule has 6 heteroatoms. The van der Waals surface area contributed by atoms with Crippen molar-refractivity contribution in [1.82, 2.24) is 0 Å². The van der Waals surface area contributed by atoms with Gasteiger partial charge in [-0.2, -0.15) is 0 Å². The van der Waals surface area contributed by atoms with Crippen LogP contribution in [0.25, 0.3) is 6.08 Å². The molecule has 0 aliphatic carbocycles. The van der Waals surface area contributed by atoms with Crippen LogP contribution >= 0.6 is 0 Å². The smallest absolute Gasteiger partial charge is 0.328 e. The second-order valence-corrected chi connectivity index (χ2v) is 5.30. The number of benzene rings is 1. The average molecular weight is 319 g/mol. The maximum Gasteiger partial charge on any atom is 0.328 e. The van der Waals surface area contributed by atoms with Crippen LogP contribution < -0.4 is 14.4 Å². The molecule has 0 fully saturated rings. The molecule has 1 aromatic carbocycles. The normalized spacial score (nSPS) is 17.1. The van der Waals surface area contributed by atoms with Crippen molar-refractivity contribution >= 4 is 23.6 Å². The Kier molecular flexibility index (Phi) is 5.26. The molecule has 0 radical (unpaired) electrons. The number of anilines is 1. The highest BCUT2D eigenvalue weighted by Crippen LogP contribution is 2.43. The van der Waals surface area contributed by atoms with E-state index in [2.05, 4.69) is 0 Å². The predicted molar refractivity (Wildman–Crippen MR) is 87.0 cm³/mol. The molecule has 1 aliphatic heterocycles. The van der Waals surface area contributed by atoms with Gasteiger partial charge in [-0.15, -0.1) is 0 Å². The van der Waals surface area contributed by atoms with Gasteiger partial charge >= 0.3 is 5.97 Å². The molecular weight excluding hydrogens is 298 g/mol. The zero-order valence-corrected chi connectivity index (χ0v) is 13.5. The Morgan fingerprint density at radius 2 is 2.17 bits per heavy atom. The van der Waals surface area contributed by atoms with E-state index in [1.165, 1.54) is 11.0 Å². The molecule has 1 atom stereocenters. The van der Waals surface area contributed by atoms with Gasteiger partial charge in [0, 0.05) is 13.1 Å². The maximum absolute atomic E-state index is 12.3. The van der Waals surface area contributed by atoms with E-state index in [1.807, 2.05) is 13.8 Å². The third-order valence-corrected chi connectivity index (χ3v) is 3.54. The molecule has 0 spiro atoms. The van der Waals surface area contributed by atoms with Gasteiger partial charge in [0.15, 0.2) is 17.6 Å². The molecule has 1 N–H and O–H groups in total. The van der Waals surface area contributed by atoms with Crippen molar-refractivity contribution in [3.63, 3.8) is 0 Å². The van der Waals surface area contributed by atoms with Crippen molar-refractivity contribution in [2.45, 2.75) is 32.8 Å². The number of carboxylic acids is 1. The van der Waals surface area contributed by atoms with Crippen molar-refractivity contribution in [2.24, 2.45) is 0 Å². The van der Waals surface area contributed by atoms with Crippen molar-refractivity contribution < 1.29 is 24.2 Å². The Hall–Kier alpha value is -2.50. The number of nitrogens with zero attached hydrogens (tertiary/aromatic N) is 1. The SMILES string of the molecule is CCCOc1cc(/C=C/C(=O)O)cc2c1OC(CC)C(=O)N2C. The molecular formula is C17H21NO5. The van der Waals surface area contributed by atoms with Crippen LogP contribution in [0.4, 0.5) is 5.69 Å². The van der Waals surface area contributed by atoms with E-state index in [-0.39, 0.29) is 5.91 Å². The fourth-order valence-corrected chi connectivity index (χ4v) is 2.34. The lowest BCUT2D eigenvalue weighted by molar-refractivity contribution is -0.131. The van der Waals surface area contributed by atoms with Crippen molar-refractivity contribution in [2.75, 3.05) is 18.6 Å². The fraction of sp³-hybridized carbons (Fsp3) is 0.412. The van der Waals surface area contributed by atoms with Crippen LogP contribution in [0.2, 0.25) is 0 Å². The Morgan fingerprint density at radius 1 is 1.43 bits per heavy atom. The summed E-state index contributed by atoms with van der Waals surface area (Å²) in [7, 11) is 1.68. The molecule has 124 valence electrons. The largest absolute Gasteiger partial charge is 0.490 e. The first-order chi connectivity index (χ1) is 11.0. The van der Waals surface area contributed by atoms with Crippen molar-refractivity contribution in [3.05, 3.63) is 23.8 Å². The molecule has 2 rings (SSSR count). The monoisotopic (exact) mass is 319 g/mol. The minimum absolute atomic E-state index is 0.124. The Morgan fingerprint density at radius 3 is 2.78 bits per heavy atom. The second-order valence-electron chi connectivity index (χ2n) is 5.30. The number of carboxylic acid groups (broad SMARTS) is 1. The van der Waals surface area contributed by atoms with Gasteiger partial charge in [0.2, 0.25) is 0 Å². The van der Waals surface area contributed by atoms with E-state index in [1.54, 1.807) is 19.2 Å². The van der Waals surface area contributed by atoms with E-state index in [9.17, 15) is 9.59 Å². The number of hydrogen-bond donors (Lipinski definition) is 1. The number of rotatable bonds is 6. The van der Waals surface area contributed by atoms with Gasteiger partial charge in [0.05, 0.1) is 12.3 Å². The lowest BCUT2D eigenvalue weighted by atomic mass is 10.1. The standard InChI is InChI=1S/C17H21NO5/c1-4-8-22-14-10-11(6-7-15(19)20)9-12-16(14)23-13(5-2)17(21)18(12)3/h6-7,9-10,13H,4-5,8H2,1-3H3,(H,19,20)/b7-6+. The van der Waals surface area contributed by atoms with Crippen LogP contribution in [-0.2, 0) is 9.59 Å². The average Bonchev–Trinajstić information content (AvgIpc) is 2.54. The third-order valence-electron chi connectivity index (χ3n) is 3.54. The van der Waals surface area contributed by atoms with E-state index >= 15 is 0 Å². The summed E-state index contributed by atoms with van der Waals surface area (Å²) >= 11 is 0. The highest BCUT2D eigenvalue weighted by molar-refractivity contribution is 6.00. The summed E-state index contributed by atoms with van der Waals surface area (Å²) in [6.07, 6.45) is 3.38. The molecule has 0 bridgehead atoms. The van der Waals surface area contributed by atoms with Gasteiger partial charge in [-0.25, -0.2) is 4.79 Å². The van der Waals surface area contributed by atoms with Crippen LogP contribution in [0.3, 0.4) is 0 Å². The van der Waals surface area contributed by atoms with E-state index < -0.39 is 12.1 Å². The number of likely N-dealkylation sites (N-methyl/N-ethyl adjacent to an activating group) is 1. The minimum Gasteiger partial charge on any atom is -0.490 e. The molecule has 0 saturated carbocycles. The van der Waals surface area contributed by atoms with E-state index in [0.29, 0.717) is 35.8 Å². The highest BCUT2D eigenvalue weighted by Gasteiger charge is 2.33. The predicted octanol–water partition coefficient (Wildman–Crippen LogP) is 2.71. The zero-order valence-electron chi connectivity index (χ0n) is 13.5. The first-order valence-corrected chi connectivity index (χ1v) is 7.64. The van der Waals surface area contributed by atoms with Crippen LogP contribution in [-0.4, -0.2) is 36.7 Å². The van der Waals surface area contributed by atoms with Gasteiger partial charge in [0.25, 0.3) is 5.91 Å². The lowest BCUT2D eigenvalue weighted by Crippen LogP contribution is -2.43. The molecule has 23 heavy (non-hydrogen) atoms. The van der Waals surface area contributed by atoms with Crippen LogP contribution in [0.15, 0.2) is 18.2 Å².